The molecule has 0 amide bonds. The van der Waals surface area contributed by atoms with E-state index in [1.807, 2.05) is 12.1 Å². The van der Waals surface area contributed by atoms with Gasteiger partial charge in [0.1, 0.15) is 17.1 Å². The van der Waals surface area contributed by atoms with Gasteiger partial charge in [-0.2, -0.15) is 13.2 Å². The van der Waals surface area contributed by atoms with E-state index in [2.05, 4.69) is 11.6 Å². The number of rotatable bonds is 8. The monoisotopic (exact) mass is 419 g/mol. The van der Waals surface area contributed by atoms with E-state index >= 15 is 0 Å². The number of fused-ring (bicyclic) bond motifs is 1. The number of pyridine rings is 1. The molecule has 8 heteroatoms. The van der Waals surface area contributed by atoms with Gasteiger partial charge in [0.25, 0.3) is 0 Å². The van der Waals surface area contributed by atoms with Crippen molar-refractivity contribution in [2.75, 3.05) is 13.2 Å². The predicted octanol–water partition coefficient (Wildman–Crippen LogP) is 5.56. The van der Waals surface area contributed by atoms with Crippen molar-refractivity contribution in [2.45, 2.75) is 19.5 Å². The number of alkyl halides is 3. The minimum Gasteiger partial charge on any atom is -0.493 e. The van der Waals surface area contributed by atoms with Crippen molar-refractivity contribution in [2.24, 2.45) is 5.92 Å². The summed E-state index contributed by atoms with van der Waals surface area (Å²) in [5.74, 6) is -0.807. The van der Waals surface area contributed by atoms with Crippen LogP contribution >= 0.6 is 0 Å². The van der Waals surface area contributed by atoms with E-state index in [1.165, 1.54) is 6.92 Å². The van der Waals surface area contributed by atoms with Crippen molar-refractivity contribution in [1.82, 2.24) is 4.98 Å². The van der Waals surface area contributed by atoms with Crippen LogP contribution in [0.25, 0.3) is 22.3 Å². The van der Waals surface area contributed by atoms with Gasteiger partial charge >= 0.3 is 12.1 Å². The molecule has 30 heavy (non-hydrogen) atoms. The molecule has 0 saturated heterocycles. The molecule has 0 radical (unpaired) electrons. The molecule has 1 aromatic carbocycles. The number of ether oxygens (including phenoxy) is 2. The van der Waals surface area contributed by atoms with E-state index in [9.17, 15) is 18.0 Å². The highest BCUT2D eigenvalue weighted by molar-refractivity contribution is 5.87. The smallest absolute Gasteiger partial charge is 0.389 e. The van der Waals surface area contributed by atoms with Gasteiger partial charge in [-0.05, 0) is 37.3 Å². The van der Waals surface area contributed by atoms with E-state index < -0.39 is 31.1 Å². The highest BCUT2D eigenvalue weighted by Crippen LogP contribution is 2.31. The fourth-order valence-electron chi connectivity index (χ4n) is 2.78. The molecule has 0 fully saturated rings. The van der Waals surface area contributed by atoms with E-state index in [1.54, 1.807) is 36.7 Å². The maximum absolute atomic E-state index is 12.9. The quantitative estimate of drug-likeness (QED) is 0.353. The van der Waals surface area contributed by atoms with Crippen LogP contribution in [0, 0.1) is 5.92 Å². The fourth-order valence-corrected chi connectivity index (χ4v) is 2.78. The minimum atomic E-state index is -4.41. The Morgan fingerprint density at radius 2 is 2.03 bits per heavy atom. The Labute approximate surface area is 171 Å². The molecule has 2 aromatic heterocycles. The van der Waals surface area contributed by atoms with E-state index in [4.69, 9.17) is 13.9 Å². The number of furan rings is 1. The summed E-state index contributed by atoms with van der Waals surface area (Å²) in [6.45, 7) is 4.15. The van der Waals surface area contributed by atoms with Crippen LogP contribution in [0.1, 0.15) is 13.3 Å². The second-order valence-corrected chi connectivity index (χ2v) is 6.93. The molecule has 1 atom stereocenters. The van der Waals surface area contributed by atoms with Crippen molar-refractivity contribution >= 4 is 16.9 Å². The maximum Gasteiger partial charge on any atom is 0.389 e. The van der Waals surface area contributed by atoms with Gasteiger partial charge in [-0.15, -0.1) is 0 Å². The van der Waals surface area contributed by atoms with Gasteiger partial charge in [0.05, 0.1) is 19.6 Å². The van der Waals surface area contributed by atoms with Crippen LogP contribution in [-0.2, 0) is 9.53 Å². The number of carbonyl (C=O) groups is 1. The van der Waals surface area contributed by atoms with Gasteiger partial charge in [0.2, 0.25) is 0 Å². The number of carbonyl (C=O) groups excluding carboxylic acids is 1. The first-order valence-electron chi connectivity index (χ1n) is 9.17. The average molecular weight is 419 g/mol. The SMILES string of the molecule is C=C(C)C(=O)OCC(COc1ccc2cc(-c3cccnc3)oc2c1)CC(F)(F)F. The maximum atomic E-state index is 12.9. The first-order chi connectivity index (χ1) is 14.2. The van der Waals surface area contributed by atoms with Gasteiger partial charge in [-0.25, -0.2) is 4.79 Å². The fraction of sp³-hybridized carbons (Fsp3) is 0.273. The third-order valence-corrected chi connectivity index (χ3v) is 4.24. The van der Waals surface area contributed by atoms with Gasteiger partial charge < -0.3 is 13.9 Å². The van der Waals surface area contributed by atoms with Crippen LogP contribution in [0.3, 0.4) is 0 Å². The molecular weight excluding hydrogens is 399 g/mol. The van der Waals surface area contributed by atoms with Crippen molar-refractivity contribution in [3.63, 3.8) is 0 Å². The predicted molar refractivity (Wildman–Crippen MR) is 105 cm³/mol. The number of halogens is 3. The lowest BCUT2D eigenvalue weighted by Gasteiger charge is -2.19. The molecule has 0 spiro atoms. The summed E-state index contributed by atoms with van der Waals surface area (Å²) in [5, 5.41) is 0.823. The molecule has 0 N–H and O–H groups in total. The van der Waals surface area contributed by atoms with Crippen molar-refractivity contribution < 1.29 is 31.9 Å². The van der Waals surface area contributed by atoms with Gasteiger partial charge in [0.15, 0.2) is 0 Å². The summed E-state index contributed by atoms with van der Waals surface area (Å²) < 4.78 is 54.8. The third-order valence-electron chi connectivity index (χ3n) is 4.24. The molecule has 158 valence electrons. The molecule has 3 rings (SSSR count). The number of aromatic nitrogens is 1. The van der Waals surface area contributed by atoms with E-state index in [0.29, 0.717) is 17.1 Å². The minimum absolute atomic E-state index is 0.120. The summed E-state index contributed by atoms with van der Waals surface area (Å²) in [5.41, 5.74) is 1.46. The van der Waals surface area contributed by atoms with E-state index in [0.717, 1.165) is 10.9 Å². The lowest BCUT2D eigenvalue weighted by atomic mass is 10.1. The van der Waals surface area contributed by atoms with Crippen LogP contribution in [0.4, 0.5) is 13.2 Å². The second-order valence-electron chi connectivity index (χ2n) is 6.93. The number of hydrogen-bond donors (Lipinski definition) is 0. The zero-order chi connectivity index (χ0) is 21.7. The molecule has 1 unspecified atom stereocenters. The second kappa shape index (κ2) is 9.02. The van der Waals surface area contributed by atoms with Crippen molar-refractivity contribution in [3.05, 3.63) is 60.9 Å². The molecule has 0 aliphatic heterocycles. The Morgan fingerprint density at radius 3 is 2.70 bits per heavy atom. The number of esters is 1. The standard InChI is InChI=1S/C22H20F3NO4/c1-14(2)21(27)29-13-15(10-22(23,24)25)12-28-18-6-5-16-8-19(30-20(16)9-18)17-4-3-7-26-11-17/h3-9,11,15H,1,10,12-13H2,2H3. The highest BCUT2D eigenvalue weighted by Gasteiger charge is 2.33. The lowest BCUT2D eigenvalue weighted by molar-refractivity contribution is -0.158. The Balaban J connectivity index is 1.69. The Kier molecular flexibility index (Phi) is 6.44. The molecule has 0 aliphatic carbocycles. The van der Waals surface area contributed by atoms with Gasteiger partial charge in [-0.3, -0.25) is 4.98 Å². The summed E-state index contributed by atoms with van der Waals surface area (Å²) in [6.07, 6.45) is -2.22. The third kappa shape index (κ3) is 5.85. The normalized spacial score (nSPS) is 12.5. The Bertz CT molecular complexity index is 1030. The molecule has 0 saturated carbocycles. The van der Waals surface area contributed by atoms with Gasteiger partial charge in [-0.1, -0.05) is 6.58 Å². The van der Waals surface area contributed by atoms with Crippen LogP contribution in [0.5, 0.6) is 5.75 Å². The molecular formula is C22H20F3NO4. The summed E-state index contributed by atoms with van der Waals surface area (Å²) in [6, 6.07) is 10.5. The topological polar surface area (TPSA) is 61.6 Å². The van der Waals surface area contributed by atoms with Crippen LogP contribution < -0.4 is 4.74 Å². The number of hydrogen-bond acceptors (Lipinski definition) is 5. The van der Waals surface area contributed by atoms with E-state index in [-0.39, 0.29) is 12.2 Å². The summed E-state index contributed by atoms with van der Waals surface area (Å²) >= 11 is 0. The Morgan fingerprint density at radius 1 is 1.23 bits per heavy atom. The largest absolute Gasteiger partial charge is 0.493 e. The first kappa shape index (κ1) is 21.4. The van der Waals surface area contributed by atoms with Crippen LogP contribution in [-0.4, -0.2) is 30.3 Å². The first-order valence-corrected chi connectivity index (χ1v) is 9.17. The molecule has 0 aliphatic rings. The van der Waals surface area contributed by atoms with Crippen molar-refractivity contribution in [1.29, 1.82) is 0 Å². The molecule has 0 bridgehead atoms. The average Bonchev–Trinajstić information content (AvgIpc) is 3.12. The summed E-state index contributed by atoms with van der Waals surface area (Å²) in [4.78, 5) is 15.5. The zero-order valence-electron chi connectivity index (χ0n) is 16.2. The Hall–Kier alpha value is -3.29. The molecule has 3 aromatic rings. The van der Waals surface area contributed by atoms with Crippen LogP contribution in [0.2, 0.25) is 0 Å². The number of benzene rings is 1. The zero-order valence-corrected chi connectivity index (χ0v) is 16.2. The lowest BCUT2D eigenvalue weighted by Crippen LogP contribution is -2.26. The van der Waals surface area contributed by atoms with Gasteiger partial charge in [0, 0.05) is 40.9 Å². The molecule has 5 nitrogen and oxygen atoms in total. The van der Waals surface area contributed by atoms with Crippen LogP contribution in [0.15, 0.2) is 65.4 Å². The summed E-state index contributed by atoms with van der Waals surface area (Å²) in [7, 11) is 0. The molecule has 2 heterocycles. The van der Waals surface area contributed by atoms with Crippen molar-refractivity contribution in [3.8, 4) is 17.1 Å². The number of nitrogens with zero attached hydrogens (tertiary/aromatic N) is 1. The highest BCUT2D eigenvalue weighted by atomic mass is 19.4.